The summed E-state index contributed by atoms with van der Waals surface area (Å²) in [6, 6.07) is 0.538. The van der Waals surface area contributed by atoms with Crippen molar-refractivity contribution < 1.29 is 5.11 Å². The molecule has 2 rings (SSSR count). The number of aromatic nitrogens is 1. The molecule has 1 heterocycles. The lowest BCUT2D eigenvalue weighted by molar-refractivity contribution is -0.00447. The third-order valence-electron chi connectivity index (χ3n) is 3.20. The molecule has 5 heteroatoms. The van der Waals surface area contributed by atoms with E-state index in [0.29, 0.717) is 11.2 Å². The van der Waals surface area contributed by atoms with Crippen LogP contribution in [-0.2, 0) is 5.60 Å². The maximum atomic E-state index is 10.5. The van der Waals surface area contributed by atoms with Gasteiger partial charge < -0.3 is 16.2 Å². The molecular weight excluding hydrogens is 210 g/mol. The number of nitrogens with zero attached hydrogens (tertiary/aromatic N) is 1. The van der Waals surface area contributed by atoms with E-state index in [1.165, 1.54) is 11.3 Å². The van der Waals surface area contributed by atoms with Gasteiger partial charge in [-0.05, 0) is 32.7 Å². The van der Waals surface area contributed by atoms with Crippen LogP contribution in [0.15, 0.2) is 6.20 Å². The zero-order valence-corrected chi connectivity index (χ0v) is 9.68. The maximum Gasteiger partial charge on any atom is 0.180 e. The molecule has 0 radical (unpaired) electrons. The van der Waals surface area contributed by atoms with E-state index in [9.17, 15) is 5.11 Å². The summed E-state index contributed by atoms with van der Waals surface area (Å²) in [6.45, 7) is 0. The molecule has 0 saturated heterocycles. The SMILES string of the molecule is CNC1CCC(O)(c2cnc(N)s2)CC1. The topological polar surface area (TPSA) is 71.2 Å². The summed E-state index contributed by atoms with van der Waals surface area (Å²) < 4.78 is 0. The summed E-state index contributed by atoms with van der Waals surface area (Å²) in [7, 11) is 1.97. The first-order valence-corrected chi connectivity index (χ1v) is 6.07. The second-order valence-electron chi connectivity index (χ2n) is 4.16. The number of hydrogen-bond donors (Lipinski definition) is 3. The van der Waals surface area contributed by atoms with Crippen LogP contribution in [0.4, 0.5) is 5.13 Å². The van der Waals surface area contributed by atoms with E-state index in [1.54, 1.807) is 6.20 Å². The van der Waals surface area contributed by atoms with Gasteiger partial charge in [-0.3, -0.25) is 0 Å². The van der Waals surface area contributed by atoms with Gasteiger partial charge in [0.1, 0.15) is 5.60 Å². The van der Waals surface area contributed by atoms with E-state index in [4.69, 9.17) is 5.73 Å². The van der Waals surface area contributed by atoms with E-state index in [0.717, 1.165) is 30.6 Å². The summed E-state index contributed by atoms with van der Waals surface area (Å²) in [5, 5.41) is 14.2. The molecule has 0 atom stereocenters. The fourth-order valence-electron chi connectivity index (χ4n) is 2.13. The van der Waals surface area contributed by atoms with Crippen molar-refractivity contribution in [1.29, 1.82) is 0 Å². The standard InChI is InChI=1S/C10H17N3OS/c1-12-7-2-4-10(14,5-3-7)8-6-13-9(11)15-8/h6-7,12,14H,2-5H2,1H3,(H2,11,13). The molecule has 0 bridgehead atoms. The van der Waals surface area contributed by atoms with E-state index in [1.807, 2.05) is 7.05 Å². The van der Waals surface area contributed by atoms with Crippen molar-refractivity contribution in [3.8, 4) is 0 Å². The highest BCUT2D eigenvalue weighted by atomic mass is 32.1. The second-order valence-corrected chi connectivity index (χ2v) is 5.22. The van der Waals surface area contributed by atoms with Crippen LogP contribution >= 0.6 is 11.3 Å². The number of nitrogens with two attached hydrogens (primary N) is 1. The molecule has 0 spiro atoms. The summed E-state index contributed by atoms with van der Waals surface area (Å²) in [4.78, 5) is 4.91. The first-order chi connectivity index (χ1) is 7.14. The highest BCUT2D eigenvalue weighted by molar-refractivity contribution is 7.15. The summed E-state index contributed by atoms with van der Waals surface area (Å²) in [5.41, 5.74) is 4.89. The van der Waals surface area contributed by atoms with Crippen molar-refractivity contribution in [2.75, 3.05) is 12.8 Å². The molecule has 1 aromatic heterocycles. The first-order valence-electron chi connectivity index (χ1n) is 5.25. The predicted octanol–water partition coefficient (Wildman–Crippen LogP) is 1.07. The van der Waals surface area contributed by atoms with E-state index >= 15 is 0 Å². The maximum absolute atomic E-state index is 10.5. The minimum absolute atomic E-state index is 0.536. The second kappa shape index (κ2) is 4.08. The smallest absolute Gasteiger partial charge is 0.180 e. The summed E-state index contributed by atoms with van der Waals surface area (Å²) >= 11 is 1.40. The van der Waals surface area contributed by atoms with E-state index in [-0.39, 0.29) is 0 Å². The van der Waals surface area contributed by atoms with Gasteiger partial charge in [0.2, 0.25) is 0 Å². The van der Waals surface area contributed by atoms with Gasteiger partial charge >= 0.3 is 0 Å². The quantitative estimate of drug-likeness (QED) is 0.707. The van der Waals surface area contributed by atoms with Gasteiger partial charge in [-0.2, -0.15) is 0 Å². The third kappa shape index (κ3) is 2.14. The number of rotatable bonds is 2. The van der Waals surface area contributed by atoms with Gasteiger partial charge in [-0.25, -0.2) is 4.98 Å². The molecule has 0 aromatic carbocycles. The van der Waals surface area contributed by atoms with Crippen molar-refractivity contribution in [2.45, 2.75) is 37.3 Å². The van der Waals surface area contributed by atoms with Crippen LogP contribution in [0.2, 0.25) is 0 Å². The van der Waals surface area contributed by atoms with Crippen LogP contribution in [0.3, 0.4) is 0 Å². The number of nitrogens with one attached hydrogen (secondary N) is 1. The van der Waals surface area contributed by atoms with Crippen molar-refractivity contribution in [1.82, 2.24) is 10.3 Å². The number of aliphatic hydroxyl groups is 1. The molecule has 1 aliphatic carbocycles. The minimum Gasteiger partial charge on any atom is -0.384 e. The zero-order valence-electron chi connectivity index (χ0n) is 8.86. The predicted molar refractivity (Wildman–Crippen MR) is 61.7 cm³/mol. The Morgan fingerprint density at radius 3 is 2.73 bits per heavy atom. The average Bonchev–Trinajstić information content (AvgIpc) is 2.67. The molecule has 1 aliphatic rings. The number of anilines is 1. The van der Waals surface area contributed by atoms with Crippen LogP contribution in [0.1, 0.15) is 30.6 Å². The molecule has 0 amide bonds. The highest BCUT2D eigenvalue weighted by Crippen LogP contribution is 2.39. The van der Waals surface area contributed by atoms with Crippen molar-refractivity contribution in [3.63, 3.8) is 0 Å². The largest absolute Gasteiger partial charge is 0.384 e. The summed E-state index contributed by atoms with van der Waals surface area (Å²) in [5.74, 6) is 0. The summed E-state index contributed by atoms with van der Waals surface area (Å²) in [6.07, 6.45) is 5.30. The molecule has 0 aliphatic heterocycles. The first kappa shape index (κ1) is 10.9. The highest BCUT2D eigenvalue weighted by Gasteiger charge is 2.35. The van der Waals surface area contributed by atoms with Gasteiger partial charge in [-0.1, -0.05) is 11.3 Å². The molecule has 4 N–H and O–H groups in total. The van der Waals surface area contributed by atoms with Gasteiger partial charge in [0, 0.05) is 12.2 Å². The van der Waals surface area contributed by atoms with Crippen molar-refractivity contribution in [2.24, 2.45) is 0 Å². The average molecular weight is 227 g/mol. The van der Waals surface area contributed by atoms with Gasteiger partial charge in [0.15, 0.2) is 5.13 Å². The Labute approximate surface area is 93.5 Å². The molecule has 1 saturated carbocycles. The van der Waals surface area contributed by atoms with E-state index in [2.05, 4.69) is 10.3 Å². The fraction of sp³-hybridized carbons (Fsp3) is 0.700. The lowest BCUT2D eigenvalue weighted by Crippen LogP contribution is -2.37. The fourth-order valence-corrected chi connectivity index (χ4v) is 2.96. The molecule has 84 valence electrons. The Bertz CT molecular complexity index is 331. The minimum atomic E-state index is -0.692. The third-order valence-corrected chi connectivity index (χ3v) is 4.22. The van der Waals surface area contributed by atoms with Gasteiger partial charge in [0.05, 0.1) is 4.88 Å². The molecular formula is C10H17N3OS. The van der Waals surface area contributed by atoms with Crippen molar-refractivity contribution >= 4 is 16.5 Å². The van der Waals surface area contributed by atoms with E-state index < -0.39 is 5.60 Å². The molecule has 1 aromatic rings. The molecule has 15 heavy (non-hydrogen) atoms. The lowest BCUT2D eigenvalue weighted by Gasteiger charge is -2.34. The molecule has 4 nitrogen and oxygen atoms in total. The number of thiazole rings is 1. The van der Waals surface area contributed by atoms with Crippen LogP contribution in [-0.4, -0.2) is 23.2 Å². The van der Waals surface area contributed by atoms with Gasteiger partial charge in [-0.15, -0.1) is 0 Å². The Kier molecular flexibility index (Phi) is 2.95. The Hall–Kier alpha value is -0.650. The number of hydrogen-bond acceptors (Lipinski definition) is 5. The van der Waals surface area contributed by atoms with Crippen LogP contribution < -0.4 is 11.1 Å². The monoisotopic (exact) mass is 227 g/mol. The van der Waals surface area contributed by atoms with Gasteiger partial charge in [0.25, 0.3) is 0 Å². The zero-order chi connectivity index (χ0) is 10.9. The Morgan fingerprint density at radius 1 is 1.60 bits per heavy atom. The normalized spacial score (nSPS) is 31.7. The molecule has 0 unspecified atom stereocenters. The van der Waals surface area contributed by atoms with Crippen LogP contribution in [0.25, 0.3) is 0 Å². The lowest BCUT2D eigenvalue weighted by atomic mass is 9.81. The Morgan fingerprint density at radius 2 is 2.27 bits per heavy atom. The molecule has 1 fully saturated rings. The van der Waals surface area contributed by atoms with Crippen molar-refractivity contribution in [3.05, 3.63) is 11.1 Å². The Balaban J connectivity index is 2.09. The number of nitrogen functional groups attached to an aromatic ring is 1. The van der Waals surface area contributed by atoms with Crippen LogP contribution in [0, 0.1) is 0 Å². The van der Waals surface area contributed by atoms with Crippen LogP contribution in [0.5, 0.6) is 0 Å².